The van der Waals surface area contributed by atoms with Crippen LogP contribution in [-0.2, 0) is 4.79 Å². The molecule has 2 aromatic heterocycles. The first kappa shape index (κ1) is 28.1. The zero-order valence-electron chi connectivity index (χ0n) is 23.7. The number of hydrogen-bond donors (Lipinski definition) is 1. The first-order valence-electron chi connectivity index (χ1n) is 14.1. The molecule has 2 aromatic carbocycles. The van der Waals surface area contributed by atoms with Crippen LogP contribution in [0, 0.1) is 17.2 Å². The lowest BCUT2D eigenvalue weighted by atomic mass is 9.76. The van der Waals surface area contributed by atoms with Gasteiger partial charge in [-0.1, -0.05) is 62.7 Å². The summed E-state index contributed by atoms with van der Waals surface area (Å²) in [5.74, 6) is -1.24. The Bertz CT molecular complexity index is 1690. The minimum absolute atomic E-state index is 0.0537. The maximum absolute atomic E-state index is 14.2. The molecule has 0 aliphatic carbocycles. The quantitative estimate of drug-likeness (QED) is 0.266. The smallest absolute Gasteiger partial charge is 0.272 e. The van der Waals surface area contributed by atoms with Gasteiger partial charge in [-0.25, -0.2) is 4.39 Å². The summed E-state index contributed by atoms with van der Waals surface area (Å²) >= 11 is 6.10. The van der Waals surface area contributed by atoms with Crippen molar-refractivity contribution in [2.24, 2.45) is 11.3 Å². The summed E-state index contributed by atoms with van der Waals surface area (Å²) < 4.78 is 14.2. The van der Waals surface area contributed by atoms with Crippen molar-refractivity contribution in [2.75, 3.05) is 13.1 Å². The lowest BCUT2D eigenvalue weighted by Gasteiger charge is -2.39. The van der Waals surface area contributed by atoms with Gasteiger partial charge in [0.1, 0.15) is 11.5 Å². The van der Waals surface area contributed by atoms with E-state index in [1.54, 1.807) is 53.4 Å². The third-order valence-electron chi connectivity index (χ3n) is 8.57. The van der Waals surface area contributed by atoms with Crippen molar-refractivity contribution in [1.82, 2.24) is 19.8 Å². The molecule has 216 valence electrons. The number of likely N-dealkylation sites (tertiary alicyclic amines) is 2. The van der Waals surface area contributed by atoms with Gasteiger partial charge in [0.05, 0.1) is 23.7 Å². The molecule has 0 radical (unpaired) electrons. The number of aromatic nitrogens is 2. The molecule has 0 saturated carbocycles. The van der Waals surface area contributed by atoms with E-state index in [1.165, 1.54) is 12.3 Å². The van der Waals surface area contributed by atoms with Crippen LogP contribution in [0.3, 0.4) is 0 Å². The molecule has 7 nitrogen and oxygen atoms in total. The van der Waals surface area contributed by atoms with E-state index in [9.17, 15) is 18.8 Å². The van der Waals surface area contributed by atoms with Crippen LogP contribution in [-0.4, -0.2) is 62.5 Å². The van der Waals surface area contributed by atoms with Crippen LogP contribution in [0.4, 0.5) is 4.39 Å². The fraction of sp³-hybridized carbons (Fsp3) is 0.333. The number of ketones is 1. The standard InChI is InChI=1S/C33H32ClFN4O3/c1-33(2,3)25(15-30(40)29-12-19-8-10-21(34)13-28(19)37-29)31(41)38-17-23-14-22(38)18-39(23)32(42)27-11-9-20(16-36-27)24-6-4-5-7-26(24)35/h4-13,16,22-23,25,37H,14-15,17-18H2,1-3H3/t22-,23-,25+/m0/s1. The van der Waals surface area contributed by atoms with Crippen LogP contribution in [0.25, 0.3) is 22.0 Å². The summed E-state index contributed by atoms with van der Waals surface area (Å²) in [6, 6.07) is 16.8. The van der Waals surface area contributed by atoms with Gasteiger partial charge >= 0.3 is 0 Å². The van der Waals surface area contributed by atoms with E-state index in [2.05, 4.69) is 9.97 Å². The summed E-state index contributed by atoms with van der Waals surface area (Å²) in [6.07, 6.45) is 2.29. The number of H-pyrrole nitrogens is 1. The predicted molar refractivity (Wildman–Crippen MR) is 160 cm³/mol. The first-order chi connectivity index (χ1) is 20.0. The van der Waals surface area contributed by atoms with Gasteiger partial charge in [-0.05, 0) is 42.2 Å². The molecule has 9 heteroatoms. The third-order valence-corrected chi connectivity index (χ3v) is 8.81. The highest BCUT2D eigenvalue weighted by Gasteiger charge is 2.50. The average molecular weight is 587 g/mol. The largest absolute Gasteiger partial charge is 0.352 e. The Morgan fingerprint density at radius 1 is 1.02 bits per heavy atom. The van der Waals surface area contributed by atoms with E-state index in [1.807, 2.05) is 31.7 Å². The number of amides is 2. The number of pyridine rings is 1. The Kier molecular flexibility index (Phi) is 7.13. The van der Waals surface area contributed by atoms with Gasteiger partial charge in [0.25, 0.3) is 5.91 Å². The van der Waals surface area contributed by atoms with Crippen molar-refractivity contribution < 1.29 is 18.8 Å². The molecule has 4 heterocycles. The van der Waals surface area contributed by atoms with Crippen molar-refractivity contribution in [3.05, 3.63) is 89.1 Å². The van der Waals surface area contributed by atoms with Crippen molar-refractivity contribution >= 4 is 40.1 Å². The topological polar surface area (TPSA) is 86.4 Å². The lowest BCUT2D eigenvalue weighted by molar-refractivity contribution is -0.141. The van der Waals surface area contributed by atoms with E-state index in [0.29, 0.717) is 47.0 Å². The minimum Gasteiger partial charge on any atom is -0.352 e. The Morgan fingerprint density at radius 2 is 1.76 bits per heavy atom. The van der Waals surface area contributed by atoms with Gasteiger partial charge in [-0.3, -0.25) is 19.4 Å². The SMILES string of the molecule is CC(C)(C)[C@H](CC(=O)c1cc2ccc(Cl)cc2[nH]1)C(=O)N1C[C@@H]2C[C@H]1CN2C(=O)c1ccc(-c2ccccc2F)cn1. The molecular weight excluding hydrogens is 555 g/mol. The van der Waals surface area contributed by atoms with Crippen LogP contribution >= 0.6 is 11.6 Å². The van der Waals surface area contributed by atoms with Crippen LogP contribution in [0.1, 0.15) is 54.6 Å². The van der Waals surface area contributed by atoms with E-state index >= 15 is 0 Å². The van der Waals surface area contributed by atoms with Gasteiger partial charge in [-0.15, -0.1) is 0 Å². The van der Waals surface area contributed by atoms with Gasteiger partial charge < -0.3 is 14.8 Å². The number of nitrogens with one attached hydrogen (secondary N) is 1. The molecule has 2 aliphatic heterocycles. The van der Waals surface area contributed by atoms with Gasteiger partial charge in [0, 0.05) is 52.8 Å². The monoisotopic (exact) mass is 586 g/mol. The number of rotatable bonds is 6. The molecule has 1 N–H and O–H groups in total. The first-order valence-corrected chi connectivity index (χ1v) is 14.5. The molecule has 3 atom stereocenters. The molecule has 6 rings (SSSR count). The minimum atomic E-state index is -0.518. The van der Waals surface area contributed by atoms with Crippen LogP contribution < -0.4 is 0 Å². The number of piperazine rings is 1. The normalized spacial score (nSPS) is 19.0. The number of aromatic amines is 1. The number of benzene rings is 2. The number of fused-ring (bicyclic) bond motifs is 3. The number of Topliss-reactive ketones (excluding diaryl/α,β-unsaturated/α-hetero) is 1. The average Bonchev–Trinajstić information content (AvgIpc) is 3.69. The number of carbonyl (C=O) groups is 3. The Labute approximate surface area is 248 Å². The molecule has 2 amide bonds. The van der Waals surface area contributed by atoms with E-state index in [4.69, 9.17) is 11.6 Å². The van der Waals surface area contributed by atoms with E-state index in [0.717, 1.165) is 10.9 Å². The number of nitrogens with zero attached hydrogens (tertiary/aromatic N) is 3. The second kappa shape index (κ2) is 10.7. The van der Waals surface area contributed by atoms with Crippen molar-refractivity contribution in [2.45, 2.75) is 45.7 Å². The summed E-state index contributed by atoms with van der Waals surface area (Å²) in [7, 11) is 0. The van der Waals surface area contributed by atoms with Crippen LogP contribution in [0.2, 0.25) is 5.02 Å². The Balaban J connectivity index is 1.13. The number of halogens is 2. The molecule has 2 bridgehead atoms. The molecule has 0 spiro atoms. The predicted octanol–water partition coefficient (Wildman–Crippen LogP) is 6.38. The van der Waals surface area contributed by atoms with Crippen molar-refractivity contribution in [3.63, 3.8) is 0 Å². The maximum Gasteiger partial charge on any atom is 0.272 e. The van der Waals surface area contributed by atoms with Gasteiger partial charge in [0.15, 0.2) is 5.78 Å². The summed E-state index contributed by atoms with van der Waals surface area (Å²) in [5.41, 5.74) is 2.12. The lowest BCUT2D eigenvalue weighted by Crippen LogP contribution is -2.53. The van der Waals surface area contributed by atoms with Gasteiger partial charge in [0.2, 0.25) is 5.91 Å². The van der Waals surface area contributed by atoms with Crippen molar-refractivity contribution in [3.8, 4) is 11.1 Å². The van der Waals surface area contributed by atoms with E-state index < -0.39 is 11.3 Å². The Hall–Kier alpha value is -4.04. The second-order valence-corrected chi connectivity index (χ2v) is 12.8. The highest BCUT2D eigenvalue weighted by molar-refractivity contribution is 6.31. The zero-order valence-corrected chi connectivity index (χ0v) is 24.5. The maximum atomic E-state index is 14.2. The highest BCUT2D eigenvalue weighted by Crippen LogP contribution is 2.38. The molecule has 2 saturated heterocycles. The zero-order chi connectivity index (χ0) is 29.8. The van der Waals surface area contributed by atoms with Crippen molar-refractivity contribution in [1.29, 1.82) is 0 Å². The molecule has 4 aromatic rings. The number of hydrogen-bond acceptors (Lipinski definition) is 4. The fourth-order valence-electron chi connectivity index (χ4n) is 6.22. The summed E-state index contributed by atoms with van der Waals surface area (Å²) in [5, 5.41) is 1.47. The molecule has 2 aliphatic rings. The Morgan fingerprint density at radius 3 is 2.43 bits per heavy atom. The molecule has 0 unspecified atom stereocenters. The molecule has 2 fully saturated rings. The molecular formula is C33H32ClFN4O3. The third kappa shape index (κ3) is 5.20. The van der Waals surface area contributed by atoms with Crippen LogP contribution in [0.5, 0.6) is 0 Å². The van der Waals surface area contributed by atoms with Crippen LogP contribution in [0.15, 0.2) is 66.9 Å². The van der Waals surface area contributed by atoms with Gasteiger partial charge in [-0.2, -0.15) is 0 Å². The summed E-state index contributed by atoms with van der Waals surface area (Å²) in [6.45, 7) is 6.78. The molecule has 42 heavy (non-hydrogen) atoms. The fourth-order valence-corrected chi connectivity index (χ4v) is 6.39. The number of carbonyl (C=O) groups excluding carboxylic acids is 3. The summed E-state index contributed by atoms with van der Waals surface area (Å²) in [4.78, 5) is 51.7. The van der Waals surface area contributed by atoms with E-state index in [-0.39, 0.29) is 41.9 Å². The highest BCUT2D eigenvalue weighted by atomic mass is 35.5. The second-order valence-electron chi connectivity index (χ2n) is 12.4.